The van der Waals surface area contributed by atoms with Crippen LogP contribution in [0, 0.1) is 11.8 Å². The number of hydrogen-bond donors (Lipinski definition) is 1. The summed E-state index contributed by atoms with van der Waals surface area (Å²) in [7, 11) is 0. The summed E-state index contributed by atoms with van der Waals surface area (Å²) in [6, 6.07) is 6.36. The standard InChI is InChI=1S/C21H36N2O2/c1-5-24-20-8-7-18(13-21(20)25-6-2)19(14-22)17-9-11-23(12-10-17)15-16(3)4/h7-8,13,16-17,19H,5-6,9-12,14-15,22H2,1-4H3. The number of likely N-dealkylation sites (tertiary alicyclic amines) is 1. The molecular formula is C21H36N2O2. The molecular weight excluding hydrogens is 312 g/mol. The molecule has 0 aromatic heterocycles. The lowest BCUT2D eigenvalue weighted by Gasteiger charge is -2.36. The lowest BCUT2D eigenvalue weighted by atomic mass is 9.80. The second-order valence-corrected chi connectivity index (χ2v) is 7.45. The van der Waals surface area contributed by atoms with Gasteiger partial charge in [0.2, 0.25) is 0 Å². The molecule has 1 aromatic carbocycles. The first-order chi connectivity index (χ1) is 12.1. The largest absolute Gasteiger partial charge is 0.490 e. The molecule has 2 rings (SSSR count). The van der Waals surface area contributed by atoms with E-state index in [-0.39, 0.29) is 0 Å². The molecule has 1 saturated heterocycles. The van der Waals surface area contributed by atoms with E-state index in [0.717, 1.165) is 17.4 Å². The highest BCUT2D eigenvalue weighted by Gasteiger charge is 2.27. The Labute approximate surface area is 153 Å². The molecule has 1 aliphatic rings. The van der Waals surface area contributed by atoms with Gasteiger partial charge in [0.25, 0.3) is 0 Å². The zero-order valence-corrected chi connectivity index (χ0v) is 16.5. The Morgan fingerprint density at radius 3 is 2.28 bits per heavy atom. The average molecular weight is 349 g/mol. The predicted octanol–water partition coefficient (Wildman–Crippen LogP) is 3.89. The van der Waals surface area contributed by atoms with Crippen molar-refractivity contribution in [2.24, 2.45) is 17.6 Å². The van der Waals surface area contributed by atoms with Gasteiger partial charge in [-0.2, -0.15) is 0 Å². The lowest BCUT2D eigenvalue weighted by Crippen LogP contribution is -2.38. The molecule has 0 spiro atoms. The Hall–Kier alpha value is -1.26. The van der Waals surface area contributed by atoms with Crippen molar-refractivity contribution in [3.63, 3.8) is 0 Å². The van der Waals surface area contributed by atoms with Crippen LogP contribution in [0.1, 0.15) is 52.0 Å². The minimum Gasteiger partial charge on any atom is -0.490 e. The quantitative estimate of drug-likeness (QED) is 0.735. The molecule has 1 unspecified atom stereocenters. The minimum atomic E-state index is 0.399. The van der Waals surface area contributed by atoms with Gasteiger partial charge >= 0.3 is 0 Å². The van der Waals surface area contributed by atoms with Crippen molar-refractivity contribution in [3.8, 4) is 11.5 Å². The molecule has 0 aliphatic carbocycles. The van der Waals surface area contributed by atoms with E-state index in [2.05, 4.69) is 30.9 Å². The fourth-order valence-electron chi connectivity index (χ4n) is 3.95. The van der Waals surface area contributed by atoms with Crippen LogP contribution in [0.2, 0.25) is 0 Å². The van der Waals surface area contributed by atoms with E-state index in [4.69, 9.17) is 15.2 Å². The van der Waals surface area contributed by atoms with E-state index in [1.165, 1.54) is 38.0 Å². The number of benzene rings is 1. The molecule has 142 valence electrons. The Morgan fingerprint density at radius 1 is 1.08 bits per heavy atom. The van der Waals surface area contributed by atoms with E-state index in [1.807, 2.05) is 19.9 Å². The molecule has 1 aliphatic heterocycles. The van der Waals surface area contributed by atoms with Gasteiger partial charge in [-0.15, -0.1) is 0 Å². The second kappa shape index (κ2) is 10.0. The number of nitrogens with zero attached hydrogens (tertiary/aromatic N) is 1. The van der Waals surface area contributed by atoms with Crippen LogP contribution in [0.5, 0.6) is 11.5 Å². The first-order valence-corrected chi connectivity index (χ1v) is 9.90. The molecule has 0 saturated carbocycles. The zero-order valence-electron chi connectivity index (χ0n) is 16.5. The van der Waals surface area contributed by atoms with Gasteiger partial charge < -0.3 is 20.1 Å². The summed E-state index contributed by atoms with van der Waals surface area (Å²) in [6.07, 6.45) is 2.46. The van der Waals surface area contributed by atoms with Crippen molar-refractivity contribution in [2.75, 3.05) is 39.4 Å². The van der Waals surface area contributed by atoms with Crippen LogP contribution in [0.15, 0.2) is 18.2 Å². The highest BCUT2D eigenvalue weighted by atomic mass is 16.5. The molecule has 0 amide bonds. The third kappa shape index (κ3) is 5.61. The summed E-state index contributed by atoms with van der Waals surface area (Å²) in [5.41, 5.74) is 7.47. The molecule has 1 fully saturated rings. The summed E-state index contributed by atoms with van der Waals surface area (Å²) in [5.74, 6) is 3.46. The van der Waals surface area contributed by atoms with Crippen LogP contribution >= 0.6 is 0 Å². The topological polar surface area (TPSA) is 47.7 Å². The summed E-state index contributed by atoms with van der Waals surface area (Å²) in [5, 5.41) is 0. The highest BCUT2D eigenvalue weighted by Crippen LogP contribution is 2.37. The molecule has 4 heteroatoms. The van der Waals surface area contributed by atoms with Crippen molar-refractivity contribution in [1.82, 2.24) is 4.90 Å². The number of hydrogen-bond acceptors (Lipinski definition) is 4. The summed E-state index contributed by atoms with van der Waals surface area (Å²) in [4.78, 5) is 2.60. The SMILES string of the molecule is CCOc1ccc(C(CN)C2CCN(CC(C)C)CC2)cc1OCC. The number of rotatable bonds is 9. The molecule has 25 heavy (non-hydrogen) atoms. The van der Waals surface area contributed by atoms with Crippen molar-refractivity contribution < 1.29 is 9.47 Å². The Morgan fingerprint density at radius 2 is 1.72 bits per heavy atom. The normalized spacial score (nSPS) is 17.7. The zero-order chi connectivity index (χ0) is 18.2. The average Bonchev–Trinajstić information content (AvgIpc) is 2.59. The van der Waals surface area contributed by atoms with E-state index in [9.17, 15) is 0 Å². The maximum atomic E-state index is 6.19. The molecule has 1 aromatic rings. The van der Waals surface area contributed by atoms with Crippen LogP contribution in [0.25, 0.3) is 0 Å². The maximum Gasteiger partial charge on any atom is 0.161 e. The summed E-state index contributed by atoms with van der Waals surface area (Å²) < 4.78 is 11.5. The smallest absolute Gasteiger partial charge is 0.161 e. The second-order valence-electron chi connectivity index (χ2n) is 7.45. The van der Waals surface area contributed by atoms with Crippen LogP contribution < -0.4 is 15.2 Å². The third-order valence-electron chi connectivity index (χ3n) is 5.07. The highest BCUT2D eigenvalue weighted by molar-refractivity contribution is 5.44. The van der Waals surface area contributed by atoms with E-state index in [1.54, 1.807) is 0 Å². The minimum absolute atomic E-state index is 0.399. The molecule has 0 radical (unpaired) electrons. The number of piperidine rings is 1. The summed E-state index contributed by atoms with van der Waals surface area (Å²) >= 11 is 0. The van der Waals surface area contributed by atoms with E-state index >= 15 is 0 Å². The molecule has 1 heterocycles. The third-order valence-corrected chi connectivity index (χ3v) is 5.07. The van der Waals surface area contributed by atoms with Gasteiger partial charge in [0, 0.05) is 6.54 Å². The van der Waals surface area contributed by atoms with Gasteiger partial charge in [0.15, 0.2) is 11.5 Å². The van der Waals surface area contributed by atoms with Crippen LogP contribution in [0.4, 0.5) is 0 Å². The number of nitrogens with two attached hydrogens (primary N) is 1. The first-order valence-electron chi connectivity index (χ1n) is 9.90. The lowest BCUT2D eigenvalue weighted by molar-refractivity contribution is 0.155. The molecule has 1 atom stereocenters. The van der Waals surface area contributed by atoms with Gasteiger partial charge in [0.1, 0.15) is 0 Å². The molecule has 2 N–H and O–H groups in total. The van der Waals surface area contributed by atoms with Gasteiger partial charge in [0.05, 0.1) is 13.2 Å². The van der Waals surface area contributed by atoms with Gasteiger partial charge in [-0.05, 0) is 81.8 Å². The van der Waals surface area contributed by atoms with Crippen LogP contribution in [-0.2, 0) is 0 Å². The first kappa shape index (κ1) is 20.1. The van der Waals surface area contributed by atoms with Gasteiger partial charge in [-0.1, -0.05) is 19.9 Å². The fraction of sp³-hybridized carbons (Fsp3) is 0.714. The Kier molecular flexibility index (Phi) is 8.04. The molecule has 4 nitrogen and oxygen atoms in total. The predicted molar refractivity (Wildman–Crippen MR) is 105 cm³/mol. The monoisotopic (exact) mass is 348 g/mol. The fourth-order valence-corrected chi connectivity index (χ4v) is 3.95. The van der Waals surface area contributed by atoms with Gasteiger partial charge in [-0.25, -0.2) is 0 Å². The van der Waals surface area contributed by atoms with Crippen LogP contribution in [0.3, 0.4) is 0 Å². The Balaban J connectivity index is 2.08. The summed E-state index contributed by atoms with van der Waals surface area (Å²) in [6.45, 7) is 14.2. The van der Waals surface area contributed by atoms with Crippen molar-refractivity contribution in [1.29, 1.82) is 0 Å². The Bertz CT molecular complexity index is 511. The molecule has 0 bridgehead atoms. The van der Waals surface area contributed by atoms with E-state index in [0.29, 0.717) is 31.6 Å². The van der Waals surface area contributed by atoms with Crippen molar-refractivity contribution >= 4 is 0 Å². The maximum absolute atomic E-state index is 6.19. The number of ether oxygens (including phenoxy) is 2. The van der Waals surface area contributed by atoms with E-state index < -0.39 is 0 Å². The van der Waals surface area contributed by atoms with Crippen LogP contribution in [-0.4, -0.2) is 44.3 Å². The van der Waals surface area contributed by atoms with Gasteiger partial charge in [-0.3, -0.25) is 0 Å². The van der Waals surface area contributed by atoms with Crippen molar-refractivity contribution in [3.05, 3.63) is 23.8 Å². The van der Waals surface area contributed by atoms with Crippen molar-refractivity contribution in [2.45, 2.75) is 46.5 Å².